The maximum Gasteiger partial charge on any atom is 0.194 e. The Bertz CT molecular complexity index is 607. The van der Waals surface area contributed by atoms with Crippen LogP contribution in [0.5, 0.6) is 0 Å². The molecule has 16 heavy (non-hydrogen) atoms. The quantitative estimate of drug-likeness (QED) is 0.679. The van der Waals surface area contributed by atoms with E-state index < -0.39 is 0 Å². The zero-order valence-corrected chi connectivity index (χ0v) is 10.0. The summed E-state index contributed by atoms with van der Waals surface area (Å²) >= 11 is 1.95. The summed E-state index contributed by atoms with van der Waals surface area (Å²) in [5.41, 5.74) is 4.70. The van der Waals surface area contributed by atoms with Crippen LogP contribution in [-0.4, -0.2) is 9.38 Å². The Balaban J connectivity index is 1.91. The second-order valence-electron chi connectivity index (χ2n) is 5.53. The second-order valence-corrected chi connectivity index (χ2v) is 6.59. The van der Waals surface area contributed by atoms with E-state index in [1.807, 2.05) is 11.3 Å². The van der Waals surface area contributed by atoms with E-state index in [4.69, 9.17) is 4.98 Å². The van der Waals surface area contributed by atoms with Crippen LogP contribution in [-0.2, 0) is 12.8 Å². The van der Waals surface area contributed by atoms with Crippen LogP contribution in [0.25, 0.3) is 4.96 Å². The predicted octanol–water partition coefficient (Wildman–Crippen LogP) is 3.25. The molecule has 2 aromatic rings. The van der Waals surface area contributed by atoms with E-state index in [0.29, 0.717) is 0 Å². The fraction of sp³-hybridized carbons (Fsp3) is 0.615. The van der Waals surface area contributed by atoms with Crippen LogP contribution in [0.2, 0.25) is 0 Å². The third kappa shape index (κ3) is 0.775. The van der Waals surface area contributed by atoms with E-state index in [2.05, 4.69) is 4.40 Å². The number of nitrogens with zero attached hydrogens (tertiary/aromatic N) is 2. The number of fused-ring (bicyclic) bond motifs is 9. The van der Waals surface area contributed by atoms with Crippen molar-refractivity contribution >= 4 is 16.3 Å². The van der Waals surface area contributed by atoms with Crippen LogP contribution in [0.3, 0.4) is 0 Å². The largest absolute Gasteiger partial charge is 0.291 e. The number of aryl methyl sites for hydroxylation is 2. The Kier molecular flexibility index (Phi) is 1.31. The second kappa shape index (κ2) is 2.53. The van der Waals surface area contributed by atoms with E-state index in [1.54, 1.807) is 16.3 Å². The van der Waals surface area contributed by atoms with Gasteiger partial charge >= 0.3 is 0 Å². The van der Waals surface area contributed by atoms with Crippen LogP contribution in [0.15, 0.2) is 0 Å². The SMILES string of the molecule is C1Cc2sc3nc4c(n3c2C1)C1CCC4C1. The average molecular weight is 230 g/mol. The fourth-order valence-corrected chi connectivity index (χ4v) is 5.31. The lowest BCUT2D eigenvalue weighted by Gasteiger charge is -2.10. The number of aromatic nitrogens is 2. The molecule has 3 heteroatoms. The number of thiazole rings is 1. The van der Waals surface area contributed by atoms with Gasteiger partial charge < -0.3 is 0 Å². The Morgan fingerprint density at radius 1 is 1.19 bits per heavy atom. The standard InChI is InChI=1S/C13H14N2S/c1-2-9-10(3-1)16-13-14-11-7-4-5-8(6-7)12(11)15(9)13/h7-8H,1-6H2. The van der Waals surface area contributed by atoms with Gasteiger partial charge in [-0.05, 0) is 38.5 Å². The third-order valence-corrected chi connectivity index (χ3v) is 5.88. The van der Waals surface area contributed by atoms with Crippen LogP contribution in [0.4, 0.5) is 0 Å². The normalized spacial score (nSPS) is 30.2. The first-order chi connectivity index (χ1) is 7.92. The van der Waals surface area contributed by atoms with E-state index in [0.717, 1.165) is 11.8 Å². The van der Waals surface area contributed by atoms with Gasteiger partial charge in [0.2, 0.25) is 0 Å². The van der Waals surface area contributed by atoms with Crippen LogP contribution < -0.4 is 0 Å². The molecule has 2 bridgehead atoms. The van der Waals surface area contributed by atoms with Crippen LogP contribution >= 0.6 is 11.3 Å². The van der Waals surface area contributed by atoms with Crippen molar-refractivity contribution in [3.05, 3.63) is 22.0 Å². The minimum Gasteiger partial charge on any atom is -0.291 e. The highest BCUT2D eigenvalue weighted by molar-refractivity contribution is 7.17. The summed E-state index contributed by atoms with van der Waals surface area (Å²) in [6, 6.07) is 0. The highest BCUT2D eigenvalue weighted by atomic mass is 32.1. The first-order valence-corrected chi connectivity index (χ1v) is 7.26. The zero-order valence-electron chi connectivity index (χ0n) is 9.20. The molecule has 0 amide bonds. The summed E-state index contributed by atoms with van der Waals surface area (Å²) in [7, 11) is 0. The number of imidazole rings is 1. The number of hydrogen-bond donors (Lipinski definition) is 0. The summed E-state index contributed by atoms with van der Waals surface area (Å²) in [6.07, 6.45) is 8.14. The van der Waals surface area contributed by atoms with E-state index >= 15 is 0 Å². The van der Waals surface area contributed by atoms with Gasteiger partial charge in [-0.2, -0.15) is 0 Å². The zero-order chi connectivity index (χ0) is 10.3. The van der Waals surface area contributed by atoms with Gasteiger partial charge in [-0.25, -0.2) is 4.98 Å². The Hall–Kier alpha value is -0.830. The summed E-state index contributed by atoms with van der Waals surface area (Å²) in [5, 5.41) is 0. The molecule has 3 aliphatic rings. The monoisotopic (exact) mass is 230 g/mol. The van der Waals surface area contributed by atoms with E-state index in [9.17, 15) is 0 Å². The molecule has 82 valence electrons. The maximum absolute atomic E-state index is 4.92. The molecule has 0 N–H and O–H groups in total. The molecule has 1 saturated carbocycles. The topological polar surface area (TPSA) is 17.3 Å². The van der Waals surface area contributed by atoms with E-state index in [-0.39, 0.29) is 0 Å². The van der Waals surface area contributed by atoms with Crippen molar-refractivity contribution in [3.63, 3.8) is 0 Å². The lowest BCUT2D eigenvalue weighted by molar-refractivity contribution is 0.685. The highest BCUT2D eigenvalue weighted by Crippen LogP contribution is 2.54. The molecule has 0 aliphatic heterocycles. The van der Waals surface area contributed by atoms with Gasteiger partial charge in [0, 0.05) is 22.4 Å². The first-order valence-electron chi connectivity index (χ1n) is 6.44. The number of hydrogen-bond acceptors (Lipinski definition) is 2. The maximum atomic E-state index is 4.92. The fourth-order valence-electron chi connectivity index (χ4n) is 4.08. The average Bonchev–Trinajstić information content (AvgIpc) is 2.97. The van der Waals surface area contributed by atoms with Gasteiger partial charge in [0.05, 0.1) is 11.4 Å². The lowest BCUT2D eigenvalue weighted by Crippen LogP contribution is -2.01. The molecule has 0 aromatic carbocycles. The van der Waals surface area contributed by atoms with Gasteiger partial charge in [0.15, 0.2) is 4.96 Å². The van der Waals surface area contributed by atoms with Crippen molar-refractivity contribution in [2.75, 3.05) is 0 Å². The van der Waals surface area contributed by atoms with Gasteiger partial charge in [0.1, 0.15) is 0 Å². The smallest absolute Gasteiger partial charge is 0.194 e. The molecule has 0 spiro atoms. The Morgan fingerprint density at radius 3 is 3.12 bits per heavy atom. The van der Waals surface area contributed by atoms with Crippen LogP contribution in [0, 0.1) is 0 Å². The molecule has 2 heterocycles. The molecular weight excluding hydrogens is 216 g/mol. The minimum atomic E-state index is 0.809. The summed E-state index contributed by atoms with van der Waals surface area (Å²) in [4.78, 5) is 7.84. The van der Waals surface area contributed by atoms with E-state index in [1.165, 1.54) is 49.2 Å². The molecule has 2 nitrogen and oxygen atoms in total. The molecule has 2 aromatic heterocycles. The molecule has 2 atom stereocenters. The summed E-state index contributed by atoms with van der Waals surface area (Å²) < 4.78 is 2.55. The number of rotatable bonds is 0. The summed E-state index contributed by atoms with van der Waals surface area (Å²) in [6.45, 7) is 0. The molecular formula is C13H14N2S. The van der Waals surface area contributed by atoms with Crippen molar-refractivity contribution in [1.82, 2.24) is 9.38 Å². The summed E-state index contributed by atoms with van der Waals surface area (Å²) in [5.74, 6) is 1.65. The molecule has 0 radical (unpaired) electrons. The van der Waals surface area contributed by atoms with Crippen molar-refractivity contribution in [2.45, 2.75) is 50.4 Å². The van der Waals surface area contributed by atoms with Gasteiger partial charge in [0.25, 0.3) is 0 Å². The van der Waals surface area contributed by atoms with Crippen molar-refractivity contribution in [2.24, 2.45) is 0 Å². The molecule has 2 unspecified atom stereocenters. The predicted molar refractivity (Wildman–Crippen MR) is 64.4 cm³/mol. The lowest BCUT2D eigenvalue weighted by atomic mass is 10.0. The van der Waals surface area contributed by atoms with Gasteiger partial charge in [-0.3, -0.25) is 4.40 Å². The van der Waals surface area contributed by atoms with Gasteiger partial charge in [-0.1, -0.05) is 0 Å². The third-order valence-electron chi connectivity index (χ3n) is 4.74. The Morgan fingerprint density at radius 2 is 2.12 bits per heavy atom. The first kappa shape index (κ1) is 8.29. The van der Waals surface area contributed by atoms with Crippen molar-refractivity contribution in [3.8, 4) is 0 Å². The molecule has 3 aliphatic carbocycles. The minimum absolute atomic E-state index is 0.809. The molecule has 0 saturated heterocycles. The highest BCUT2D eigenvalue weighted by Gasteiger charge is 2.42. The van der Waals surface area contributed by atoms with Gasteiger partial charge in [-0.15, -0.1) is 11.3 Å². The van der Waals surface area contributed by atoms with Crippen molar-refractivity contribution < 1.29 is 0 Å². The Labute approximate surface area is 98.3 Å². The molecule has 5 rings (SSSR count). The van der Waals surface area contributed by atoms with Crippen LogP contribution in [0.1, 0.15) is 59.5 Å². The van der Waals surface area contributed by atoms with Crippen molar-refractivity contribution in [1.29, 1.82) is 0 Å². The molecule has 1 fully saturated rings.